The monoisotopic (exact) mass is 269 g/mol. The molecular formula is C12H15NO2S2. The first kappa shape index (κ1) is 14.0. The number of carbonyl (C=O) groups is 1. The minimum Gasteiger partial charge on any atom is -0.481 e. The molecule has 1 aromatic rings. The second-order valence-corrected chi connectivity index (χ2v) is 5.24. The molecule has 0 aliphatic rings. The lowest BCUT2D eigenvalue weighted by Gasteiger charge is -2.06. The maximum absolute atomic E-state index is 10.3. The number of nitrogens with one attached hydrogen (secondary N) is 1. The van der Waals surface area contributed by atoms with Crippen LogP contribution in [0, 0.1) is 0 Å². The lowest BCUT2D eigenvalue weighted by molar-refractivity contribution is -0.137. The SMILES string of the molecule is O=C(O)CCCSC(=S)NCc1ccccc1. The van der Waals surface area contributed by atoms with Gasteiger partial charge in [0.1, 0.15) is 4.32 Å². The van der Waals surface area contributed by atoms with Crippen molar-refractivity contribution in [2.24, 2.45) is 0 Å². The van der Waals surface area contributed by atoms with Crippen molar-refractivity contribution in [1.29, 1.82) is 0 Å². The molecule has 0 aromatic heterocycles. The van der Waals surface area contributed by atoms with Gasteiger partial charge in [-0.3, -0.25) is 4.79 Å². The van der Waals surface area contributed by atoms with Gasteiger partial charge in [-0.1, -0.05) is 54.3 Å². The number of hydrogen-bond donors (Lipinski definition) is 2. The van der Waals surface area contributed by atoms with Crippen molar-refractivity contribution in [2.45, 2.75) is 19.4 Å². The van der Waals surface area contributed by atoms with Gasteiger partial charge in [-0.25, -0.2) is 0 Å². The van der Waals surface area contributed by atoms with Gasteiger partial charge in [0.2, 0.25) is 0 Å². The van der Waals surface area contributed by atoms with E-state index in [9.17, 15) is 4.79 Å². The number of aliphatic carboxylic acids is 1. The molecule has 2 N–H and O–H groups in total. The lowest BCUT2D eigenvalue weighted by atomic mass is 10.2. The fourth-order valence-electron chi connectivity index (χ4n) is 1.21. The summed E-state index contributed by atoms with van der Waals surface area (Å²) >= 11 is 6.63. The molecule has 1 rings (SSSR count). The fraction of sp³-hybridized carbons (Fsp3) is 0.333. The topological polar surface area (TPSA) is 49.3 Å². The largest absolute Gasteiger partial charge is 0.481 e. The van der Waals surface area contributed by atoms with Crippen LogP contribution in [-0.4, -0.2) is 21.1 Å². The van der Waals surface area contributed by atoms with E-state index in [-0.39, 0.29) is 6.42 Å². The van der Waals surface area contributed by atoms with E-state index in [1.54, 1.807) is 0 Å². The van der Waals surface area contributed by atoms with Crippen molar-refractivity contribution in [3.63, 3.8) is 0 Å². The molecule has 0 unspecified atom stereocenters. The molecule has 0 bridgehead atoms. The molecule has 3 nitrogen and oxygen atoms in total. The summed E-state index contributed by atoms with van der Waals surface area (Å²) in [5.74, 6) is -0.0128. The predicted octanol–water partition coefficient (Wildman–Crippen LogP) is 2.66. The van der Waals surface area contributed by atoms with Crippen molar-refractivity contribution in [3.8, 4) is 0 Å². The third kappa shape index (κ3) is 6.97. The van der Waals surface area contributed by atoms with E-state index >= 15 is 0 Å². The highest BCUT2D eigenvalue weighted by molar-refractivity contribution is 8.22. The first-order valence-corrected chi connectivity index (χ1v) is 6.74. The summed E-state index contributed by atoms with van der Waals surface area (Å²) in [4.78, 5) is 10.3. The molecule has 0 fully saturated rings. The smallest absolute Gasteiger partial charge is 0.303 e. The molecule has 0 heterocycles. The standard InChI is InChI=1S/C12H15NO2S2/c14-11(15)7-4-8-17-12(16)13-9-10-5-2-1-3-6-10/h1-3,5-6H,4,7-9H2,(H,13,16)(H,14,15). The zero-order chi connectivity index (χ0) is 12.5. The van der Waals surface area contributed by atoms with Crippen LogP contribution in [-0.2, 0) is 11.3 Å². The third-order valence-corrected chi connectivity index (χ3v) is 3.45. The van der Waals surface area contributed by atoms with Crippen LogP contribution >= 0.6 is 24.0 Å². The highest BCUT2D eigenvalue weighted by Gasteiger charge is 2.00. The molecule has 0 saturated heterocycles. The Balaban J connectivity index is 2.11. The van der Waals surface area contributed by atoms with E-state index < -0.39 is 5.97 Å². The maximum Gasteiger partial charge on any atom is 0.303 e. The van der Waals surface area contributed by atoms with Crippen molar-refractivity contribution in [1.82, 2.24) is 5.32 Å². The van der Waals surface area contributed by atoms with Crippen molar-refractivity contribution < 1.29 is 9.90 Å². The average Bonchev–Trinajstić information content (AvgIpc) is 2.33. The lowest BCUT2D eigenvalue weighted by Crippen LogP contribution is -2.18. The van der Waals surface area contributed by atoms with E-state index in [1.165, 1.54) is 17.3 Å². The first-order valence-electron chi connectivity index (χ1n) is 5.35. The highest BCUT2D eigenvalue weighted by Crippen LogP contribution is 2.07. The Hall–Kier alpha value is -1.07. The van der Waals surface area contributed by atoms with Crippen LogP contribution in [0.1, 0.15) is 18.4 Å². The fourth-order valence-corrected chi connectivity index (χ4v) is 2.18. The quantitative estimate of drug-likeness (QED) is 0.614. The Labute approximate surface area is 111 Å². The Morgan fingerprint density at radius 1 is 1.35 bits per heavy atom. The Kier molecular flexibility index (Phi) is 6.65. The molecule has 0 aliphatic heterocycles. The molecule has 0 amide bonds. The van der Waals surface area contributed by atoms with E-state index in [2.05, 4.69) is 5.32 Å². The van der Waals surface area contributed by atoms with Crippen LogP contribution in [0.5, 0.6) is 0 Å². The number of hydrogen-bond acceptors (Lipinski definition) is 3. The van der Waals surface area contributed by atoms with Crippen molar-refractivity contribution >= 4 is 34.3 Å². The van der Waals surface area contributed by atoms with Gasteiger partial charge in [0.25, 0.3) is 0 Å². The zero-order valence-corrected chi connectivity index (χ0v) is 11.0. The number of rotatable bonds is 6. The highest BCUT2D eigenvalue weighted by atomic mass is 32.2. The molecule has 5 heteroatoms. The Morgan fingerprint density at radius 2 is 2.06 bits per heavy atom. The van der Waals surface area contributed by atoms with Crippen LogP contribution in [0.15, 0.2) is 30.3 Å². The number of benzene rings is 1. The number of carboxylic acid groups (broad SMARTS) is 1. The van der Waals surface area contributed by atoms with Gasteiger partial charge in [-0.15, -0.1) is 0 Å². The van der Waals surface area contributed by atoms with Crippen molar-refractivity contribution in [3.05, 3.63) is 35.9 Å². The van der Waals surface area contributed by atoms with Gasteiger partial charge >= 0.3 is 5.97 Å². The number of carboxylic acids is 1. The normalized spacial score (nSPS) is 9.88. The molecular weight excluding hydrogens is 254 g/mol. The Bertz CT molecular complexity index is 368. The van der Waals surface area contributed by atoms with Gasteiger partial charge in [-0.2, -0.15) is 0 Å². The second kappa shape index (κ2) is 8.08. The molecule has 0 radical (unpaired) electrons. The van der Waals surface area contributed by atoms with Gasteiger partial charge in [0.05, 0.1) is 0 Å². The van der Waals surface area contributed by atoms with Crippen LogP contribution < -0.4 is 5.32 Å². The summed E-state index contributed by atoms with van der Waals surface area (Å²) in [7, 11) is 0. The first-order chi connectivity index (χ1) is 8.18. The Morgan fingerprint density at radius 3 is 2.71 bits per heavy atom. The van der Waals surface area contributed by atoms with Crippen LogP contribution in [0.2, 0.25) is 0 Å². The minimum atomic E-state index is -0.756. The summed E-state index contributed by atoms with van der Waals surface area (Å²) < 4.78 is 0.722. The van der Waals surface area contributed by atoms with Gasteiger partial charge < -0.3 is 10.4 Å². The molecule has 0 aliphatic carbocycles. The summed E-state index contributed by atoms with van der Waals surface area (Å²) in [6, 6.07) is 10.0. The molecule has 0 saturated carbocycles. The molecule has 17 heavy (non-hydrogen) atoms. The second-order valence-electron chi connectivity index (χ2n) is 3.47. The molecule has 0 spiro atoms. The summed E-state index contributed by atoms with van der Waals surface area (Å²) in [6.07, 6.45) is 0.849. The van der Waals surface area contributed by atoms with Crippen LogP contribution in [0.4, 0.5) is 0 Å². The maximum atomic E-state index is 10.3. The summed E-state index contributed by atoms with van der Waals surface area (Å²) in [5.41, 5.74) is 1.18. The zero-order valence-electron chi connectivity index (χ0n) is 9.39. The van der Waals surface area contributed by atoms with E-state index in [0.29, 0.717) is 13.0 Å². The summed E-state index contributed by atoms with van der Waals surface area (Å²) in [5, 5.41) is 11.6. The van der Waals surface area contributed by atoms with Gasteiger partial charge in [-0.05, 0) is 12.0 Å². The number of thiocarbonyl (C=S) groups is 1. The number of thioether (sulfide) groups is 1. The molecule has 0 atom stereocenters. The van der Waals surface area contributed by atoms with E-state index in [1.807, 2.05) is 30.3 Å². The minimum absolute atomic E-state index is 0.203. The van der Waals surface area contributed by atoms with E-state index in [0.717, 1.165) is 10.1 Å². The van der Waals surface area contributed by atoms with Crippen molar-refractivity contribution in [2.75, 3.05) is 5.75 Å². The predicted molar refractivity (Wildman–Crippen MR) is 75.2 cm³/mol. The summed E-state index contributed by atoms with van der Waals surface area (Å²) in [6.45, 7) is 0.714. The van der Waals surface area contributed by atoms with Gasteiger partial charge in [0, 0.05) is 18.7 Å². The average molecular weight is 269 g/mol. The molecule has 1 aromatic carbocycles. The van der Waals surface area contributed by atoms with E-state index in [4.69, 9.17) is 17.3 Å². The van der Waals surface area contributed by atoms with Crippen LogP contribution in [0.25, 0.3) is 0 Å². The molecule has 92 valence electrons. The third-order valence-electron chi connectivity index (χ3n) is 2.05. The van der Waals surface area contributed by atoms with Gasteiger partial charge in [0.15, 0.2) is 0 Å². The van der Waals surface area contributed by atoms with Crippen LogP contribution in [0.3, 0.4) is 0 Å².